The molecule has 0 aliphatic rings. The summed E-state index contributed by atoms with van der Waals surface area (Å²) in [6.45, 7) is 8.16. The van der Waals surface area contributed by atoms with E-state index < -0.39 is 0 Å². The van der Waals surface area contributed by atoms with Crippen LogP contribution in [-0.2, 0) is 6.42 Å². The van der Waals surface area contributed by atoms with E-state index in [1.54, 1.807) is 4.90 Å². The van der Waals surface area contributed by atoms with Gasteiger partial charge in [0.2, 0.25) is 0 Å². The van der Waals surface area contributed by atoms with Crippen molar-refractivity contribution in [3.8, 4) is 0 Å². The molecule has 1 rings (SSSR count). The molecule has 1 N–H and O–H groups in total. The van der Waals surface area contributed by atoms with Crippen LogP contribution in [-0.4, -0.2) is 24.6 Å². The van der Waals surface area contributed by atoms with Crippen LogP contribution in [0.25, 0.3) is 0 Å². The Morgan fingerprint density at radius 1 is 1.15 bits per heavy atom. The minimum Gasteiger partial charge on any atom is -0.335 e. The summed E-state index contributed by atoms with van der Waals surface area (Å²) in [5, 5.41) is 0. The van der Waals surface area contributed by atoms with Gasteiger partial charge in [0, 0.05) is 18.8 Å². The van der Waals surface area contributed by atoms with E-state index in [2.05, 4.69) is 31.0 Å². The molecule has 72 valence electrons. The molecule has 2 nitrogen and oxygen atoms in total. The average Bonchev–Trinajstić information content (AvgIpc) is 2.21. The maximum absolute atomic E-state index is 4.01. The van der Waals surface area contributed by atoms with Crippen LogP contribution >= 0.6 is 0 Å². The first-order chi connectivity index (χ1) is 6.36. The molecule has 0 aliphatic carbocycles. The number of pyridine rings is 1. The van der Waals surface area contributed by atoms with Crippen LogP contribution in [0.5, 0.6) is 0 Å². The number of nitrogens with one attached hydrogen (secondary N) is 1. The summed E-state index contributed by atoms with van der Waals surface area (Å²) in [7, 11) is 0. The Bertz CT molecular complexity index is 217. The minimum atomic E-state index is 1.17. The van der Waals surface area contributed by atoms with Gasteiger partial charge in [-0.3, -0.25) is 4.98 Å². The SMILES string of the molecule is CC[NH+](CC)CCc1ccncc1. The number of hydrogen-bond donors (Lipinski definition) is 1. The Hall–Kier alpha value is -0.890. The lowest BCUT2D eigenvalue weighted by atomic mass is 10.2. The maximum Gasteiger partial charge on any atom is 0.0811 e. The number of nitrogens with zero attached hydrogens (tertiary/aromatic N) is 1. The Kier molecular flexibility index (Phi) is 4.47. The second-order valence-electron chi connectivity index (χ2n) is 3.31. The van der Waals surface area contributed by atoms with E-state index in [0.29, 0.717) is 0 Å². The lowest BCUT2D eigenvalue weighted by Crippen LogP contribution is -3.11. The Morgan fingerprint density at radius 3 is 2.31 bits per heavy atom. The molecule has 0 radical (unpaired) electrons. The number of hydrogen-bond acceptors (Lipinski definition) is 1. The largest absolute Gasteiger partial charge is 0.335 e. The molecule has 0 amide bonds. The van der Waals surface area contributed by atoms with Gasteiger partial charge in [-0.2, -0.15) is 0 Å². The standard InChI is InChI=1S/C11H18N2/c1-3-13(4-2)10-7-11-5-8-12-9-6-11/h5-6,8-9H,3-4,7,10H2,1-2H3/p+1. The predicted octanol–water partition coefficient (Wildman–Crippen LogP) is 0.549. The quantitative estimate of drug-likeness (QED) is 0.698. The first-order valence-corrected chi connectivity index (χ1v) is 5.09. The monoisotopic (exact) mass is 179 g/mol. The normalized spacial score (nSPS) is 10.7. The van der Waals surface area contributed by atoms with Crippen LogP contribution < -0.4 is 4.90 Å². The highest BCUT2D eigenvalue weighted by molar-refractivity contribution is 5.09. The molecule has 0 spiro atoms. The Morgan fingerprint density at radius 2 is 1.77 bits per heavy atom. The molecule has 0 aromatic carbocycles. The van der Waals surface area contributed by atoms with Gasteiger partial charge >= 0.3 is 0 Å². The molecule has 1 heterocycles. The van der Waals surface area contributed by atoms with E-state index in [0.717, 1.165) is 0 Å². The van der Waals surface area contributed by atoms with Crippen molar-refractivity contribution in [2.45, 2.75) is 20.3 Å². The van der Waals surface area contributed by atoms with Crippen molar-refractivity contribution in [1.29, 1.82) is 0 Å². The lowest BCUT2D eigenvalue weighted by Gasteiger charge is -2.14. The zero-order chi connectivity index (χ0) is 9.52. The molecule has 0 atom stereocenters. The molecule has 0 fully saturated rings. The van der Waals surface area contributed by atoms with Crippen LogP contribution in [0.2, 0.25) is 0 Å². The van der Waals surface area contributed by atoms with Crippen LogP contribution in [0.1, 0.15) is 19.4 Å². The fraction of sp³-hybridized carbons (Fsp3) is 0.545. The Balaban J connectivity index is 2.34. The van der Waals surface area contributed by atoms with Gasteiger partial charge in [-0.05, 0) is 31.5 Å². The van der Waals surface area contributed by atoms with Gasteiger partial charge in [-0.25, -0.2) is 0 Å². The number of likely N-dealkylation sites (N-methyl/N-ethyl adjacent to an activating group) is 1. The second-order valence-corrected chi connectivity index (χ2v) is 3.31. The molecule has 2 heteroatoms. The van der Waals surface area contributed by atoms with Crippen molar-refractivity contribution in [3.05, 3.63) is 30.1 Å². The summed E-state index contributed by atoms with van der Waals surface area (Å²) in [6, 6.07) is 4.20. The first-order valence-electron chi connectivity index (χ1n) is 5.09. The van der Waals surface area contributed by atoms with Gasteiger partial charge in [0.15, 0.2) is 0 Å². The highest BCUT2D eigenvalue weighted by Crippen LogP contribution is 1.94. The van der Waals surface area contributed by atoms with Gasteiger partial charge in [-0.1, -0.05) is 0 Å². The molecule has 0 unspecified atom stereocenters. The molecule has 0 saturated heterocycles. The average molecular weight is 179 g/mol. The predicted molar refractivity (Wildman–Crippen MR) is 54.9 cm³/mol. The minimum absolute atomic E-state index is 1.17. The molecule has 0 saturated carbocycles. The van der Waals surface area contributed by atoms with Crippen molar-refractivity contribution in [3.63, 3.8) is 0 Å². The van der Waals surface area contributed by atoms with Crippen molar-refractivity contribution in [2.24, 2.45) is 0 Å². The smallest absolute Gasteiger partial charge is 0.0811 e. The summed E-state index contributed by atoms with van der Waals surface area (Å²) in [5.41, 5.74) is 1.40. The highest BCUT2D eigenvalue weighted by atomic mass is 15.1. The molecular formula is C11H19N2+. The van der Waals surface area contributed by atoms with Crippen molar-refractivity contribution in [1.82, 2.24) is 4.98 Å². The van der Waals surface area contributed by atoms with E-state index in [-0.39, 0.29) is 0 Å². The van der Waals surface area contributed by atoms with Gasteiger partial charge in [-0.15, -0.1) is 0 Å². The van der Waals surface area contributed by atoms with Crippen LogP contribution in [0.15, 0.2) is 24.5 Å². The number of aromatic nitrogens is 1. The van der Waals surface area contributed by atoms with Gasteiger partial charge < -0.3 is 4.90 Å². The molecule has 1 aromatic heterocycles. The molecular weight excluding hydrogens is 160 g/mol. The summed E-state index contributed by atoms with van der Waals surface area (Å²) in [6.07, 6.45) is 4.90. The van der Waals surface area contributed by atoms with E-state index >= 15 is 0 Å². The number of quaternary nitrogens is 1. The molecule has 1 aromatic rings. The second kappa shape index (κ2) is 5.70. The van der Waals surface area contributed by atoms with E-state index in [1.807, 2.05) is 12.4 Å². The highest BCUT2D eigenvalue weighted by Gasteiger charge is 2.01. The van der Waals surface area contributed by atoms with E-state index in [4.69, 9.17) is 0 Å². The lowest BCUT2D eigenvalue weighted by molar-refractivity contribution is -0.896. The van der Waals surface area contributed by atoms with E-state index in [9.17, 15) is 0 Å². The van der Waals surface area contributed by atoms with E-state index in [1.165, 1.54) is 31.6 Å². The third kappa shape index (κ3) is 3.55. The van der Waals surface area contributed by atoms with Gasteiger partial charge in [0.05, 0.1) is 19.6 Å². The fourth-order valence-electron chi connectivity index (χ4n) is 1.47. The van der Waals surface area contributed by atoms with Gasteiger partial charge in [0.1, 0.15) is 0 Å². The van der Waals surface area contributed by atoms with Crippen LogP contribution in [0, 0.1) is 0 Å². The fourth-order valence-corrected chi connectivity index (χ4v) is 1.47. The zero-order valence-electron chi connectivity index (χ0n) is 8.59. The van der Waals surface area contributed by atoms with Crippen LogP contribution in [0.3, 0.4) is 0 Å². The van der Waals surface area contributed by atoms with Crippen molar-refractivity contribution >= 4 is 0 Å². The van der Waals surface area contributed by atoms with Crippen LogP contribution in [0.4, 0.5) is 0 Å². The maximum atomic E-state index is 4.01. The van der Waals surface area contributed by atoms with Crippen molar-refractivity contribution < 1.29 is 4.90 Å². The molecule has 13 heavy (non-hydrogen) atoms. The summed E-state index contributed by atoms with van der Waals surface area (Å²) < 4.78 is 0. The third-order valence-corrected chi connectivity index (χ3v) is 2.52. The summed E-state index contributed by atoms with van der Waals surface area (Å²) in [5.74, 6) is 0. The topological polar surface area (TPSA) is 17.3 Å². The molecule has 0 bridgehead atoms. The molecule has 0 aliphatic heterocycles. The zero-order valence-corrected chi connectivity index (χ0v) is 8.59. The van der Waals surface area contributed by atoms with Crippen molar-refractivity contribution in [2.75, 3.05) is 19.6 Å². The number of rotatable bonds is 5. The first kappa shape index (κ1) is 10.2. The van der Waals surface area contributed by atoms with Gasteiger partial charge in [0.25, 0.3) is 0 Å². The third-order valence-electron chi connectivity index (χ3n) is 2.52. The summed E-state index contributed by atoms with van der Waals surface area (Å²) >= 11 is 0. The summed E-state index contributed by atoms with van der Waals surface area (Å²) in [4.78, 5) is 5.67. The Labute approximate surface area is 80.6 Å².